The van der Waals surface area contributed by atoms with E-state index in [-0.39, 0.29) is 24.0 Å². The summed E-state index contributed by atoms with van der Waals surface area (Å²) in [4.78, 5) is 29.4. The fraction of sp³-hybridized carbons (Fsp3) is 0.680. The molecule has 0 bridgehead atoms. The smallest absolute Gasteiger partial charge is 0.411 e. The lowest BCUT2D eigenvalue weighted by molar-refractivity contribution is -0.139. The first kappa shape index (κ1) is 23.8. The van der Waals surface area contributed by atoms with Crippen LogP contribution in [-0.4, -0.2) is 60.4 Å². The van der Waals surface area contributed by atoms with Crippen molar-refractivity contribution in [3.63, 3.8) is 0 Å². The zero-order valence-electron chi connectivity index (χ0n) is 19.7. The van der Waals surface area contributed by atoms with Gasteiger partial charge in [0.05, 0.1) is 23.8 Å². The van der Waals surface area contributed by atoms with Gasteiger partial charge in [-0.1, -0.05) is 13.8 Å². The Labute approximate surface area is 195 Å². The highest BCUT2D eigenvalue weighted by Gasteiger charge is 2.50. The summed E-state index contributed by atoms with van der Waals surface area (Å²) in [5.41, 5.74) is 0.347. The molecule has 2 amide bonds. The molecule has 1 aromatic rings. The Hall–Kier alpha value is -2.35. The van der Waals surface area contributed by atoms with Gasteiger partial charge in [-0.25, -0.2) is 9.18 Å². The molecule has 3 fully saturated rings. The molecule has 0 aromatic heterocycles. The highest BCUT2D eigenvalue weighted by Crippen LogP contribution is 2.43. The molecule has 2 saturated heterocycles. The van der Waals surface area contributed by atoms with Gasteiger partial charge in [0.1, 0.15) is 5.82 Å². The van der Waals surface area contributed by atoms with Crippen molar-refractivity contribution < 1.29 is 23.8 Å². The maximum Gasteiger partial charge on any atom is 0.411 e. The zero-order valence-corrected chi connectivity index (χ0v) is 19.7. The quantitative estimate of drug-likeness (QED) is 0.688. The first-order chi connectivity index (χ1) is 15.8. The number of ether oxygens (including phenoxy) is 1. The topological polar surface area (TPSA) is 82.1 Å². The standard InChI is InChI=1S/C25H36FN3O4/c1-17(2)15-33-24(32)27-18-4-9-22(21(26)14-18)28-12-3-10-25(16-28)11-13-29(23(25)31)19-5-7-20(30)8-6-19/h4,9,14,17,19-20,30H,3,5-8,10-13,15-16H2,1-2H3,(H,27,32)/t19?,20?,25-/m0/s1. The third-order valence-electron chi connectivity index (χ3n) is 7.31. The number of carbonyl (C=O) groups is 2. The van der Waals surface area contributed by atoms with Gasteiger partial charge in [-0.05, 0) is 69.1 Å². The summed E-state index contributed by atoms with van der Waals surface area (Å²) in [6.07, 6.45) is 4.85. The molecule has 0 unspecified atom stereocenters. The minimum atomic E-state index is -0.598. The molecule has 182 valence electrons. The van der Waals surface area contributed by atoms with Crippen LogP contribution < -0.4 is 10.2 Å². The van der Waals surface area contributed by atoms with Gasteiger partial charge in [0.2, 0.25) is 5.91 Å². The van der Waals surface area contributed by atoms with Gasteiger partial charge < -0.3 is 19.6 Å². The number of aliphatic hydroxyl groups excluding tert-OH is 1. The summed E-state index contributed by atoms with van der Waals surface area (Å²) in [6.45, 7) is 6.15. The van der Waals surface area contributed by atoms with E-state index in [1.165, 1.54) is 6.07 Å². The van der Waals surface area contributed by atoms with Crippen LogP contribution in [-0.2, 0) is 9.53 Å². The van der Waals surface area contributed by atoms with E-state index in [9.17, 15) is 14.7 Å². The predicted molar refractivity (Wildman–Crippen MR) is 125 cm³/mol. The average Bonchev–Trinajstić information content (AvgIpc) is 3.08. The minimum absolute atomic E-state index is 0.195. The molecule has 1 atom stereocenters. The number of rotatable bonds is 5. The molecule has 1 aromatic carbocycles. The fourth-order valence-corrected chi connectivity index (χ4v) is 5.52. The van der Waals surface area contributed by atoms with Gasteiger partial charge in [0, 0.05) is 31.4 Å². The maximum absolute atomic E-state index is 15.0. The molecule has 0 radical (unpaired) electrons. The van der Waals surface area contributed by atoms with Gasteiger partial charge >= 0.3 is 6.09 Å². The predicted octanol–water partition coefficient (Wildman–Crippen LogP) is 4.15. The van der Waals surface area contributed by atoms with Crippen LogP contribution in [0.4, 0.5) is 20.6 Å². The third kappa shape index (κ3) is 5.26. The number of aliphatic hydroxyl groups is 1. The lowest BCUT2D eigenvalue weighted by Gasteiger charge is -2.41. The van der Waals surface area contributed by atoms with Crippen LogP contribution in [0, 0.1) is 17.2 Å². The Morgan fingerprint density at radius 2 is 2.00 bits per heavy atom. The first-order valence-corrected chi connectivity index (χ1v) is 12.2. The number of carbonyl (C=O) groups excluding carboxylic acids is 2. The highest BCUT2D eigenvalue weighted by molar-refractivity contribution is 5.87. The fourth-order valence-electron chi connectivity index (χ4n) is 5.52. The van der Waals surface area contributed by atoms with Gasteiger partial charge in [-0.15, -0.1) is 0 Å². The monoisotopic (exact) mass is 461 g/mol. The van der Waals surface area contributed by atoms with E-state index >= 15 is 4.39 Å². The molecule has 3 aliphatic rings. The third-order valence-corrected chi connectivity index (χ3v) is 7.31. The van der Waals surface area contributed by atoms with E-state index in [1.54, 1.807) is 12.1 Å². The Bertz CT molecular complexity index is 871. The number of hydrogen-bond donors (Lipinski definition) is 2. The van der Waals surface area contributed by atoms with E-state index in [0.29, 0.717) is 31.1 Å². The Morgan fingerprint density at radius 3 is 2.70 bits per heavy atom. The number of benzene rings is 1. The number of anilines is 2. The maximum atomic E-state index is 15.0. The van der Waals surface area contributed by atoms with E-state index in [1.807, 2.05) is 23.6 Å². The van der Waals surface area contributed by atoms with Crippen LogP contribution in [0.25, 0.3) is 0 Å². The summed E-state index contributed by atoms with van der Waals surface area (Å²) in [6, 6.07) is 4.87. The molecule has 33 heavy (non-hydrogen) atoms. The second kappa shape index (κ2) is 9.87. The number of piperidine rings is 1. The van der Waals surface area contributed by atoms with Gasteiger partial charge in [0.15, 0.2) is 0 Å². The van der Waals surface area contributed by atoms with Crippen molar-refractivity contribution in [1.29, 1.82) is 0 Å². The molecule has 7 nitrogen and oxygen atoms in total. The average molecular weight is 462 g/mol. The first-order valence-electron chi connectivity index (χ1n) is 12.2. The second-order valence-electron chi connectivity index (χ2n) is 10.3. The summed E-state index contributed by atoms with van der Waals surface area (Å²) < 4.78 is 20.1. The number of halogens is 1. The molecule has 1 saturated carbocycles. The number of likely N-dealkylation sites (tertiary alicyclic amines) is 1. The normalized spacial score (nSPS) is 28.0. The summed E-state index contributed by atoms with van der Waals surface area (Å²) in [5.74, 6) is -0.00215. The van der Waals surface area contributed by atoms with Gasteiger partial charge in [0.25, 0.3) is 0 Å². The number of hydrogen-bond acceptors (Lipinski definition) is 5. The number of nitrogens with one attached hydrogen (secondary N) is 1. The van der Waals surface area contributed by atoms with Crippen molar-refractivity contribution in [2.45, 2.75) is 70.9 Å². The molecular formula is C25H36FN3O4. The van der Waals surface area contributed by atoms with Crippen molar-refractivity contribution in [1.82, 2.24) is 4.90 Å². The number of nitrogens with zero attached hydrogens (tertiary/aromatic N) is 2. The van der Waals surface area contributed by atoms with Crippen LogP contribution >= 0.6 is 0 Å². The van der Waals surface area contributed by atoms with Gasteiger partial charge in [-0.2, -0.15) is 0 Å². The van der Waals surface area contributed by atoms with Crippen LogP contribution in [0.1, 0.15) is 58.8 Å². The molecule has 2 heterocycles. The Balaban J connectivity index is 1.41. The summed E-state index contributed by atoms with van der Waals surface area (Å²) >= 11 is 0. The highest BCUT2D eigenvalue weighted by atomic mass is 19.1. The van der Waals surface area contributed by atoms with Crippen LogP contribution in [0.5, 0.6) is 0 Å². The van der Waals surface area contributed by atoms with E-state index < -0.39 is 17.3 Å². The molecule has 1 aliphatic carbocycles. The lowest BCUT2D eigenvalue weighted by atomic mass is 9.78. The zero-order chi connectivity index (χ0) is 23.6. The van der Waals surface area contributed by atoms with Gasteiger partial charge in [-0.3, -0.25) is 10.1 Å². The van der Waals surface area contributed by atoms with Crippen molar-refractivity contribution in [3.05, 3.63) is 24.0 Å². The van der Waals surface area contributed by atoms with Crippen LogP contribution in [0.15, 0.2) is 18.2 Å². The van der Waals surface area contributed by atoms with E-state index in [0.717, 1.165) is 51.5 Å². The molecule has 2 aliphatic heterocycles. The molecule has 8 heteroatoms. The number of amides is 2. The van der Waals surface area contributed by atoms with E-state index in [2.05, 4.69) is 5.32 Å². The molecule has 1 spiro atoms. The summed E-state index contributed by atoms with van der Waals surface area (Å²) in [5, 5.41) is 12.4. The van der Waals surface area contributed by atoms with Crippen molar-refractivity contribution in [2.75, 3.05) is 36.5 Å². The molecule has 4 rings (SSSR count). The van der Waals surface area contributed by atoms with Crippen LogP contribution in [0.3, 0.4) is 0 Å². The molecule has 2 N–H and O–H groups in total. The van der Waals surface area contributed by atoms with Crippen LogP contribution in [0.2, 0.25) is 0 Å². The lowest BCUT2D eigenvalue weighted by Crippen LogP contribution is -2.50. The second-order valence-corrected chi connectivity index (χ2v) is 10.3. The Morgan fingerprint density at radius 1 is 1.24 bits per heavy atom. The summed E-state index contributed by atoms with van der Waals surface area (Å²) in [7, 11) is 0. The van der Waals surface area contributed by atoms with Crippen molar-refractivity contribution in [3.8, 4) is 0 Å². The van der Waals surface area contributed by atoms with Crippen molar-refractivity contribution >= 4 is 23.4 Å². The Kier molecular flexibility index (Phi) is 7.12. The SMILES string of the molecule is CC(C)COC(=O)Nc1ccc(N2CCC[C@]3(CCN(C4CCC(O)CC4)C3=O)C2)c(F)c1. The largest absolute Gasteiger partial charge is 0.449 e. The van der Waals surface area contributed by atoms with E-state index in [4.69, 9.17) is 4.74 Å². The molecular weight excluding hydrogens is 425 g/mol. The minimum Gasteiger partial charge on any atom is -0.449 e. The van der Waals surface area contributed by atoms with Crippen molar-refractivity contribution in [2.24, 2.45) is 11.3 Å².